The van der Waals surface area contributed by atoms with E-state index in [0.717, 1.165) is 18.7 Å². The predicted molar refractivity (Wildman–Crippen MR) is 84.6 cm³/mol. The summed E-state index contributed by atoms with van der Waals surface area (Å²) in [6.07, 6.45) is -0.176. The van der Waals surface area contributed by atoms with Gasteiger partial charge < -0.3 is 10.1 Å². The van der Waals surface area contributed by atoms with Gasteiger partial charge in [-0.15, -0.1) is 12.4 Å². The SMILES string of the molecule is Cl.O=C(O[C@H](c1ccccc1)C1CNC1)c1ccccc1. The second-order valence-corrected chi connectivity index (χ2v) is 5.02. The summed E-state index contributed by atoms with van der Waals surface area (Å²) in [7, 11) is 0. The zero-order valence-electron chi connectivity index (χ0n) is 11.6. The predicted octanol–water partition coefficient (Wildman–Crippen LogP) is 3.23. The minimum atomic E-state index is -0.258. The Labute approximate surface area is 130 Å². The molecule has 1 fully saturated rings. The van der Waals surface area contributed by atoms with Crippen LogP contribution in [0.5, 0.6) is 0 Å². The summed E-state index contributed by atoms with van der Waals surface area (Å²) in [4.78, 5) is 12.2. The summed E-state index contributed by atoms with van der Waals surface area (Å²) in [6, 6.07) is 19.1. The van der Waals surface area contributed by atoms with Gasteiger partial charge in [0, 0.05) is 19.0 Å². The number of halogens is 1. The molecule has 1 atom stereocenters. The highest BCUT2D eigenvalue weighted by Gasteiger charge is 2.31. The number of ether oxygens (including phenoxy) is 1. The maximum Gasteiger partial charge on any atom is 0.338 e. The van der Waals surface area contributed by atoms with E-state index in [1.54, 1.807) is 12.1 Å². The Kier molecular flexibility index (Phi) is 5.37. The molecular weight excluding hydrogens is 286 g/mol. The van der Waals surface area contributed by atoms with Crippen LogP contribution in [0.4, 0.5) is 0 Å². The lowest BCUT2D eigenvalue weighted by molar-refractivity contribution is 0.00393. The van der Waals surface area contributed by atoms with Crippen LogP contribution in [0.3, 0.4) is 0 Å². The largest absolute Gasteiger partial charge is 0.453 e. The summed E-state index contributed by atoms with van der Waals surface area (Å²) < 4.78 is 5.75. The van der Waals surface area contributed by atoms with Crippen molar-refractivity contribution in [2.24, 2.45) is 5.92 Å². The average molecular weight is 304 g/mol. The molecule has 0 aromatic heterocycles. The molecule has 0 aliphatic carbocycles. The van der Waals surface area contributed by atoms with Gasteiger partial charge in [-0.05, 0) is 17.7 Å². The van der Waals surface area contributed by atoms with Gasteiger partial charge in [0.15, 0.2) is 0 Å². The van der Waals surface area contributed by atoms with Gasteiger partial charge in [-0.3, -0.25) is 0 Å². The number of hydrogen-bond donors (Lipinski definition) is 1. The monoisotopic (exact) mass is 303 g/mol. The number of carbonyl (C=O) groups excluding carboxylic acids is 1. The van der Waals surface area contributed by atoms with Gasteiger partial charge in [0.1, 0.15) is 6.10 Å². The quantitative estimate of drug-likeness (QED) is 0.881. The highest BCUT2D eigenvalue weighted by molar-refractivity contribution is 5.89. The van der Waals surface area contributed by atoms with Crippen molar-refractivity contribution in [2.45, 2.75) is 6.10 Å². The Morgan fingerprint density at radius 1 is 1.00 bits per heavy atom. The number of benzene rings is 2. The highest BCUT2D eigenvalue weighted by Crippen LogP contribution is 2.29. The second kappa shape index (κ2) is 7.25. The van der Waals surface area contributed by atoms with Gasteiger partial charge in [0.05, 0.1) is 5.56 Å². The van der Waals surface area contributed by atoms with Crippen LogP contribution in [0.1, 0.15) is 22.0 Å². The van der Waals surface area contributed by atoms with Gasteiger partial charge in [0.2, 0.25) is 0 Å². The molecule has 0 saturated carbocycles. The molecule has 0 amide bonds. The van der Waals surface area contributed by atoms with Crippen molar-refractivity contribution in [1.29, 1.82) is 0 Å². The maximum atomic E-state index is 12.2. The fourth-order valence-corrected chi connectivity index (χ4v) is 2.36. The van der Waals surface area contributed by atoms with E-state index in [9.17, 15) is 4.79 Å². The minimum Gasteiger partial charge on any atom is -0.453 e. The van der Waals surface area contributed by atoms with Gasteiger partial charge in [-0.25, -0.2) is 4.79 Å². The Morgan fingerprint density at radius 2 is 1.57 bits per heavy atom. The Hall–Kier alpha value is -1.84. The number of esters is 1. The van der Waals surface area contributed by atoms with Crippen LogP contribution in [-0.4, -0.2) is 19.1 Å². The number of hydrogen-bond acceptors (Lipinski definition) is 3. The van der Waals surface area contributed by atoms with Crippen molar-refractivity contribution in [3.05, 3.63) is 71.8 Å². The van der Waals surface area contributed by atoms with Crippen LogP contribution < -0.4 is 5.32 Å². The Balaban J connectivity index is 0.00000161. The summed E-state index contributed by atoms with van der Waals surface area (Å²) in [5, 5.41) is 3.23. The molecule has 2 aromatic rings. The molecule has 4 heteroatoms. The van der Waals surface area contributed by atoms with Crippen LogP contribution >= 0.6 is 12.4 Å². The van der Waals surface area contributed by atoms with Crippen molar-refractivity contribution >= 4 is 18.4 Å². The summed E-state index contributed by atoms with van der Waals surface area (Å²) >= 11 is 0. The first-order valence-corrected chi connectivity index (χ1v) is 6.86. The zero-order chi connectivity index (χ0) is 13.8. The molecule has 110 valence electrons. The Bertz CT molecular complexity index is 570. The third kappa shape index (κ3) is 3.63. The fourth-order valence-electron chi connectivity index (χ4n) is 2.36. The van der Waals surface area contributed by atoms with Crippen molar-refractivity contribution in [2.75, 3.05) is 13.1 Å². The lowest BCUT2D eigenvalue weighted by Crippen LogP contribution is -2.46. The van der Waals surface area contributed by atoms with Crippen molar-refractivity contribution in [1.82, 2.24) is 5.32 Å². The molecule has 2 aromatic carbocycles. The van der Waals surface area contributed by atoms with Crippen molar-refractivity contribution in [3.63, 3.8) is 0 Å². The first-order chi connectivity index (χ1) is 9.84. The fraction of sp³-hybridized carbons (Fsp3) is 0.235. The Morgan fingerprint density at radius 3 is 2.10 bits per heavy atom. The van der Waals surface area contributed by atoms with Gasteiger partial charge in [0.25, 0.3) is 0 Å². The first-order valence-electron chi connectivity index (χ1n) is 6.86. The molecule has 0 radical (unpaired) electrons. The molecule has 1 aliphatic rings. The van der Waals surface area contributed by atoms with E-state index in [2.05, 4.69) is 5.32 Å². The van der Waals surface area contributed by atoms with Gasteiger partial charge >= 0.3 is 5.97 Å². The third-order valence-corrected chi connectivity index (χ3v) is 3.61. The van der Waals surface area contributed by atoms with Crippen molar-refractivity contribution < 1.29 is 9.53 Å². The molecule has 1 heterocycles. The standard InChI is InChI=1S/C17H17NO2.ClH/c19-17(14-9-5-2-6-10-14)20-16(15-11-18-12-15)13-7-3-1-4-8-13;/h1-10,15-16,18H,11-12H2;1H/t16-;/m1./s1. The van der Waals surface area contributed by atoms with Crippen molar-refractivity contribution in [3.8, 4) is 0 Å². The summed E-state index contributed by atoms with van der Waals surface area (Å²) in [5.41, 5.74) is 1.66. The van der Waals surface area contributed by atoms with Crippen LogP contribution in [0.2, 0.25) is 0 Å². The van der Waals surface area contributed by atoms with E-state index in [1.807, 2.05) is 48.5 Å². The number of nitrogens with one attached hydrogen (secondary N) is 1. The molecule has 1 aliphatic heterocycles. The first kappa shape index (κ1) is 15.5. The number of carbonyl (C=O) groups is 1. The normalized spacial score (nSPS) is 15.4. The lowest BCUT2D eigenvalue weighted by atomic mass is 9.91. The average Bonchev–Trinajstić information content (AvgIpc) is 2.46. The molecule has 21 heavy (non-hydrogen) atoms. The van der Waals surface area contributed by atoms with Gasteiger partial charge in [-0.2, -0.15) is 0 Å². The third-order valence-electron chi connectivity index (χ3n) is 3.61. The summed E-state index contributed by atoms with van der Waals surface area (Å²) in [5.74, 6) is 0.0939. The van der Waals surface area contributed by atoms with E-state index < -0.39 is 0 Å². The molecule has 3 rings (SSSR count). The van der Waals surface area contributed by atoms with E-state index >= 15 is 0 Å². The molecular formula is C17H18ClNO2. The second-order valence-electron chi connectivity index (χ2n) is 5.02. The molecule has 1 saturated heterocycles. The molecule has 0 bridgehead atoms. The molecule has 0 spiro atoms. The van der Waals surface area contributed by atoms with Crippen LogP contribution in [0.25, 0.3) is 0 Å². The smallest absolute Gasteiger partial charge is 0.338 e. The van der Waals surface area contributed by atoms with Crippen LogP contribution in [-0.2, 0) is 4.74 Å². The number of rotatable bonds is 4. The van der Waals surface area contributed by atoms with Crippen LogP contribution in [0, 0.1) is 5.92 Å². The molecule has 1 N–H and O–H groups in total. The lowest BCUT2D eigenvalue weighted by Gasteiger charge is -2.34. The minimum absolute atomic E-state index is 0. The van der Waals surface area contributed by atoms with Gasteiger partial charge in [-0.1, -0.05) is 48.5 Å². The van der Waals surface area contributed by atoms with Crippen LogP contribution in [0.15, 0.2) is 60.7 Å². The van der Waals surface area contributed by atoms with E-state index in [-0.39, 0.29) is 24.5 Å². The maximum absolute atomic E-state index is 12.2. The highest BCUT2D eigenvalue weighted by atomic mass is 35.5. The molecule has 3 nitrogen and oxygen atoms in total. The van der Waals surface area contributed by atoms with E-state index in [4.69, 9.17) is 4.74 Å². The zero-order valence-corrected chi connectivity index (χ0v) is 12.4. The summed E-state index contributed by atoms with van der Waals surface area (Å²) in [6.45, 7) is 1.78. The van der Waals surface area contributed by atoms with E-state index in [1.165, 1.54) is 0 Å². The molecule has 0 unspecified atom stereocenters. The topological polar surface area (TPSA) is 38.3 Å². The van der Waals surface area contributed by atoms with E-state index in [0.29, 0.717) is 11.5 Å².